The summed E-state index contributed by atoms with van der Waals surface area (Å²) in [7, 11) is 0. The van der Waals surface area contributed by atoms with Gasteiger partial charge >= 0.3 is 0 Å². The lowest BCUT2D eigenvalue weighted by molar-refractivity contribution is 0.0883. The van der Waals surface area contributed by atoms with Crippen LogP contribution >= 0.6 is 0 Å². The molecule has 5 heteroatoms. The van der Waals surface area contributed by atoms with Crippen molar-refractivity contribution in [3.8, 4) is 0 Å². The minimum atomic E-state index is -1.06. The Morgan fingerprint density at radius 3 is 2.42 bits per heavy atom. The number of amides is 1. The van der Waals surface area contributed by atoms with E-state index in [1.807, 2.05) is 6.92 Å². The van der Waals surface area contributed by atoms with E-state index in [0.717, 1.165) is 37.8 Å². The van der Waals surface area contributed by atoms with E-state index in [1.165, 1.54) is 6.42 Å². The van der Waals surface area contributed by atoms with E-state index in [-0.39, 0.29) is 16.8 Å². The molecule has 1 aliphatic carbocycles. The maximum absolute atomic E-state index is 13.2. The number of anilines is 1. The fraction of sp³-hybridized carbons (Fsp3) is 0.500. The Balaban J connectivity index is 2.18. The molecule has 0 atom stereocenters. The smallest absolute Gasteiger partial charge is 0.253 e. The summed E-state index contributed by atoms with van der Waals surface area (Å²) in [4.78, 5) is 12.1. The molecule has 1 fully saturated rings. The molecule has 3 N–H and O–H groups in total. The van der Waals surface area contributed by atoms with Gasteiger partial charge in [0.15, 0.2) is 11.6 Å². The number of hydrogen-bond donors (Lipinski definition) is 2. The summed E-state index contributed by atoms with van der Waals surface area (Å²) in [6.45, 7) is 1.97. The van der Waals surface area contributed by atoms with Crippen LogP contribution in [-0.4, -0.2) is 11.4 Å². The van der Waals surface area contributed by atoms with Crippen LogP contribution in [0, 0.1) is 11.6 Å². The maximum atomic E-state index is 13.2. The minimum absolute atomic E-state index is 0.00861. The largest absolute Gasteiger partial charge is 0.398 e. The molecule has 2 rings (SSSR count). The highest BCUT2D eigenvalue weighted by Crippen LogP contribution is 2.28. The van der Waals surface area contributed by atoms with Crippen molar-refractivity contribution in [1.82, 2.24) is 5.32 Å². The number of hydrogen-bond acceptors (Lipinski definition) is 2. The molecule has 0 bridgehead atoms. The molecule has 3 nitrogen and oxygen atoms in total. The third kappa shape index (κ3) is 3.03. The van der Waals surface area contributed by atoms with Crippen LogP contribution in [0.2, 0.25) is 0 Å². The van der Waals surface area contributed by atoms with Crippen molar-refractivity contribution in [1.29, 1.82) is 0 Å². The number of carbonyl (C=O) groups is 1. The molecule has 19 heavy (non-hydrogen) atoms. The van der Waals surface area contributed by atoms with Crippen LogP contribution in [-0.2, 0) is 0 Å². The van der Waals surface area contributed by atoms with E-state index in [9.17, 15) is 13.6 Å². The molecular weight excluding hydrogens is 250 g/mol. The van der Waals surface area contributed by atoms with Crippen LogP contribution in [0.15, 0.2) is 12.1 Å². The van der Waals surface area contributed by atoms with E-state index in [4.69, 9.17) is 5.73 Å². The molecule has 1 saturated carbocycles. The molecule has 0 aliphatic heterocycles. The molecule has 0 saturated heterocycles. The number of benzene rings is 1. The monoisotopic (exact) mass is 268 g/mol. The second-order valence-corrected chi connectivity index (χ2v) is 5.43. The van der Waals surface area contributed by atoms with Crippen LogP contribution in [0.5, 0.6) is 0 Å². The first-order valence-corrected chi connectivity index (χ1v) is 6.48. The van der Waals surface area contributed by atoms with Gasteiger partial charge in [-0.05, 0) is 25.8 Å². The highest BCUT2D eigenvalue weighted by atomic mass is 19.2. The SMILES string of the molecule is CC1(NC(=O)c2cc(F)c(F)cc2N)CCCCC1. The second-order valence-electron chi connectivity index (χ2n) is 5.43. The summed E-state index contributed by atoms with van der Waals surface area (Å²) in [5.74, 6) is -2.55. The Hall–Kier alpha value is -1.65. The van der Waals surface area contributed by atoms with E-state index >= 15 is 0 Å². The number of rotatable bonds is 2. The molecule has 104 valence electrons. The fourth-order valence-corrected chi connectivity index (χ4v) is 2.56. The van der Waals surface area contributed by atoms with Crippen molar-refractivity contribution in [3.63, 3.8) is 0 Å². The first-order valence-electron chi connectivity index (χ1n) is 6.48. The zero-order valence-electron chi connectivity index (χ0n) is 10.9. The molecule has 0 aromatic heterocycles. The summed E-state index contributed by atoms with van der Waals surface area (Å²) >= 11 is 0. The number of nitrogens with one attached hydrogen (secondary N) is 1. The quantitative estimate of drug-likeness (QED) is 0.810. The minimum Gasteiger partial charge on any atom is -0.398 e. The number of nitrogens with two attached hydrogens (primary N) is 1. The van der Waals surface area contributed by atoms with Gasteiger partial charge in [0.2, 0.25) is 0 Å². The Labute approximate surface area is 111 Å². The molecular formula is C14H18F2N2O. The molecule has 0 heterocycles. The van der Waals surface area contributed by atoms with E-state index < -0.39 is 17.5 Å². The molecule has 1 aromatic rings. The van der Waals surface area contributed by atoms with Gasteiger partial charge in [0.1, 0.15) is 0 Å². The highest BCUT2D eigenvalue weighted by molar-refractivity contribution is 5.99. The molecule has 0 radical (unpaired) electrons. The predicted octanol–water partition coefficient (Wildman–Crippen LogP) is 3.00. The average molecular weight is 268 g/mol. The summed E-state index contributed by atoms with van der Waals surface area (Å²) in [6, 6.07) is 1.69. The van der Waals surface area contributed by atoms with Gasteiger partial charge < -0.3 is 11.1 Å². The summed E-state index contributed by atoms with van der Waals surface area (Å²) < 4.78 is 26.2. The van der Waals surface area contributed by atoms with Gasteiger partial charge in [0.05, 0.1) is 5.56 Å². The fourth-order valence-electron chi connectivity index (χ4n) is 2.56. The lowest BCUT2D eigenvalue weighted by Crippen LogP contribution is -2.47. The zero-order chi connectivity index (χ0) is 14.0. The van der Waals surface area contributed by atoms with Crippen molar-refractivity contribution < 1.29 is 13.6 Å². The molecule has 0 unspecified atom stereocenters. The lowest BCUT2D eigenvalue weighted by atomic mass is 9.83. The van der Waals surface area contributed by atoms with Gasteiger partial charge in [0.25, 0.3) is 5.91 Å². The maximum Gasteiger partial charge on any atom is 0.253 e. The van der Waals surface area contributed by atoms with Crippen LogP contribution < -0.4 is 11.1 Å². The van der Waals surface area contributed by atoms with Gasteiger partial charge in [-0.3, -0.25) is 4.79 Å². The molecule has 1 aliphatic rings. The highest BCUT2D eigenvalue weighted by Gasteiger charge is 2.29. The van der Waals surface area contributed by atoms with Gasteiger partial charge in [-0.25, -0.2) is 8.78 Å². The number of nitrogen functional groups attached to an aromatic ring is 1. The normalized spacial score (nSPS) is 18.1. The van der Waals surface area contributed by atoms with E-state index in [2.05, 4.69) is 5.32 Å². The van der Waals surface area contributed by atoms with Crippen molar-refractivity contribution in [2.45, 2.75) is 44.6 Å². The van der Waals surface area contributed by atoms with Crippen LogP contribution in [0.3, 0.4) is 0 Å². The topological polar surface area (TPSA) is 55.1 Å². The Morgan fingerprint density at radius 1 is 1.21 bits per heavy atom. The van der Waals surface area contributed by atoms with Gasteiger partial charge in [-0.15, -0.1) is 0 Å². The number of halogens is 2. The predicted molar refractivity (Wildman–Crippen MR) is 69.7 cm³/mol. The van der Waals surface area contributed by atoms with Gasteiger partial charge in [0, 0.05) is 17.3 Å². The average Bonchev–Trinajstić information content (AvgIpc) is 2.34. The standard InChI is InChI=1S/C14H18F2N2O/c1-14(5-3-2-4-6-14)18-13(19)9-7-10(15)11(16)8-12(9)17/h7-8H,2-6,17H2,1H3,(H,18,19). The molecule has 1 aromatic carbocycles. The lowest BCUT2D eigenvalue weighted by Gasteiger charge is -2.34. The van der Waals surface area contributed by atoms with Crippen molar-refractivity contribution in [2.24, 2.45) is 0 Å². The molecule has 1 amide bonds. The van der Waals surface area contributed by atoms with Crippen LogP contribution in [0.4, 0.5) is 14.5 Å². The summed E-state index contributed by atoms with van der Waals surface area (Å²) in [5, 5.41) is 2.89. The number of carbonyl (C=O) groups excluding carboxylic acids is 1. The Morgan fingerprint density at radius 2 is 1.79 bits per heavy atom. The Kier molecular flexibility index (Phi) is 3.73. The van der Waals surface area contributed by atoms with E-state index in [0.29, 0.717) is 0 Å². The molecule has 0 spiro atoms. The summed E-state index contributed by atoms with van der Waals surface area (Å²) in [5.41, 5.74) is 5.23. The summed E-state index contributed by atoms with van der Waals surface area (Å²) in [6.07, 6.45) is 5.07. The second kappa shape index (κ2) is 5.15. The third-order valence-corrected chi connectivity index (χ3v) is 3.71. The van der Waals surface area contributed by atoms with Crippen molar-refractivity contribution >= 4 is 11.6 Å². The van der Waals surface area contributed by atoms with Crippen molar-refractivity contribution in [2.75, 3.05) is 5.73 Å². The van der Waals surface area contributed by atoms with Crippen LogP contribution in [0.1, 0.15) is 49.4 Å². The third-order valence-electron chi connectivity index (χ3n) is 3.71. The first kappa shape index (κ1) is 13.8. The zero-order valence-corrected chi connectivity index (χ0v) is 10.9. The van der Waals surface area contributed by atoms with Gasteiger partial charge in [-0.2, -0.15) is 0 Å². The Bertz CT molecular complexity index is 496. The van der Waals surface area contributed by atoms with Gasteiger partial charge in [-0.1, -0.05) is 19.3 Å². The van der Waals surface area contributed by atoms with Crippen LogP contribution in [0.25, 0.3) is 0 Å². The first-order chi connectivity index (χ1) is 8.91. The van der Waals surface area contributed by atoms with E-state index in [1.54, 1.807) is 0 Å². The van der Waals surface area contributed by atoms with Crippen molar-refractivity contribution in [3.05, 3.63) is 29.3 Å².